The summed E-state index contributed by atoms with van der Waals surface area (Å²) < 4.78 is 50.3. The zero-order valence-corrected chi connectivity index (χ0v) is 36.6. The number of allylic oxidation sites excluding steroid dienone is 1. The molecule has 0 amide bonds. The van der Waals surface area contributed by atoms with Crippen LogP contribution in [0.25, 0.3) is 0 Å². The SMILES string of the molecule is C[C@@H]1CC[C@@]2(OC1)O[C@H]1C[C@H]3[C@@H]4CC=C5C[C@@H](O[C@@H]6O[C@H](CO)[C@@H](O)[C@H](O[C@@H]7O[C@@H](C)[C@H](O)[C@@H](O)[C@H]7O)[C@H]6O[C@@H]6O[C@@H](CO)[C@H](O)[C@@H](O)[C@@H]6O)CC[C@]5(C)[C@H]4CC[C@]3(C)[C@H]1[C@@H]2C. The molecule has 9 N–H and O–H groups in total. The highest BCUT2D eigenvalue weighted by molar-refractivity contribution is 5.26. The summed E-state index contributed by atoms with van der Waals surface area (Å²) in [7, 11) is 0. The maximum absolute atomic E-state index is 11.6. The molecule has 0 aromatic rings. The largest absolute Gasteiger partial charge is 0.394 e. The van der Waals surface area contributed by atoms with Gasteiger partial charge in [0.2, 0.25) is 0 Å². The van der Waals surface area contributed by atoms with E-state index in [1.807, 2.05) is 0 Å². The van der Waals surface area contributed by atoms with Crippen molar-refractivity contribution in [2.24, 2.45) is 46.3 Å². The lowest BCUT2D eigenvalue weighted by Crippen LogP contribution is -2.67. The van der Waals surface area contributed by atoms with Crippen molar-refractivity contribution in [3.63, 3.8) is 0 Å². The van der Waals surface area contributed by atoms with Crippen molar-refractivity contribution < 1.29 is 83.9 Å². The van der Waals surface area contributed by atoms with Crippen molar-refractivity contribution in [1.82, 2.24) is 0 Å². The van der Waals surface area contributed by atoms with Gasteiger partial charge in [-0.05, 0) is 98.7 Å². The van der Waals surface area contributed by atoms with Crippen LogP contribution in [0, 0.1) is 46.3 Å². The molecular weight excluding hydrogens is 812 g/mol. The van der Waals surface area contributed by atoms with Crippen LogP contribution in [0.5, 0.6) is 0 Å². The molecule has 9 rings (SSSR count). The lowest BCUT2D eigenvalue weighted by atomic mass is 9.47. The lowest BCUT2D eigenvalue weighted by molar-refractivity contribution is -0.394. The summed E-state index contributed by atoms with van der Waals surface area (Å²) in [4.78, 5) is 0. The normalized spacial score (nSPS) is 57.6. The predicted molar refractivity (Wildman–Crippen MR) is 214 cm³/mol. The summed E-state index contributed by atoms with van der Waals surface area (Å²) in [5, 5.41) is 95.8. The molecular formula is C45H72O17. The zero-order valence-electron chi connectivity index (χ0n) is 36.6. The topological polar surface area (TPSA) is 256 Å². The van der Waals surface area contributed by atoms with Crippen LogP contribution in [-0.4, -0.2) is 176 Å². The van der Waals surface area contributed by atoms with Gasteiger partial charge in [-0.15, -0.1) is 0 Å². The van der Waals surface area contributed by atoms with Gasteiger partial charge < -0.3 is 83.9 Å². The maximum Gasteiger partial charge on any atom is 0.187 e. The van der Waals surface area contributed by atoms with Crippen molar-refractivity contribution in [2.45, 2.75) is 203 Å². The first-order chi connectivity index (χ1) is 29.4. The van der Waals surface area contributed by atoms with E-state index in [1.54, 1.807) is 0 Å². The van der Waals surface area contributed by atoms with E-state index in [0.717, 1.165) is 51.6 Å². The van der Waals surface area contributed by atoms with E-state index in [1.165, 1.54) is 12.5 Å². The summed E-state index contributed by atoms with van der Waals surface area (Å²) in [5.74, 6) is 2.51. The Bertz CT molecular complexity index is 1610. The number of rotatable bonds is 8. The third-order valence-corrected chi connectivity index (χ3v) is 17.7. The van der Waals surface area contributed by atoms with Crippen LogP contribution in [0.3, 0.4) is 0 Å². The molecule has 62 heavy (non-hydrogen) atoms. The molecule has 0 unspecified atom stereocenters. The van der Waals surface area contributed by atoms with E-state index in [0.29, 0.717) is 48.3 Å². The van der Waals surface area contributed by atoms with Crippen molar-refractivity contribution in [2.75, 3.05) is 19.8 Å². The van der Waals surface area contributed by atoms with Crippen molar-refractivity contribution >= 4 is 0 Å². The minimum absolute atomic E-state index is 0.0518. The van der Waals surface area contributed by atoms with Crippen molar-refractivity contribution in [3.8, 4) is 0 Å². The Morgan fingerprint density at radius 1 is 0.677 bits per heavy atom. The zero-order chi connectivity index (χ0) is 44.2. The van der Waals surface area contributed by atoms with Crippen LogP contribution in [0.2, 0.25) is 0 Å². The van der Waals surface area contributed by atoms with Gasteiger partial charge in [-0.3, -0.25) is 0 Å². The first kappa shape index (κ1) is 46.2. The number of fused-ring (bicyclic) bond motifs is 7. The van der Waals surface area contributed by atoms with Crippen LogP contribution in [-0.2, 0) is 37.9 Å². The third-order valence-electron chi connectivity index (χ3n) is 17.7. The molecule has 17 nitrogen and oxygen atoms in total. The molecule has 1 spiro atoms. The molecule has 5 heterocycles. The van der Waals surface area contributed by atoms with Gasteiger partial charge in [0.05, 0.1) is 38.1 Å². The van der Waals surface area contributed by atoms with E-state index in [-0.39, 0.29) is 16.9 Å². The Morgan fingerprint density at radius 3 is 2.03 bits per heavy atom. The predicted octanol–water partition coefficient (Wildman–Crippen LogP) is 0.214. The first-order valence-corrected chi connectivity index (χ1v) is 23.4. The van der Waals surface area contributed by atoms with Gasteiger partial charge in [0.25, 0.3) is 0 Å². The molecule has 0 aromatic heterocycles. The van der Waals surface area contributed by atoms with Gasteiger partial charge >= 0.3 is 0 Å². The molecule has 0 radical (unpaired) electrons. The average molecular weight is 885 g/mol. The number of ether oxygens (including phenoxy) is 8. The standard InChI is InChI=1S/C45H72O17/c1-19-8-13-45(55-18-19)20(2)30-27(62-45)15-26-24-7-6-22-14-23(9-11-43(22,4)25(24)10-12-44(26,30)5)57-42-39(61-41-37(54)35(52)32(49)28(16-46)58-41)38(33(50)29(17-47)59-42)60-40-36(53)34(51)31(48)21(3)56-40/h6,19-21,23-42,46-54H,7-18H2,1-5H3/t19-,20+,21+,23+,24-,25+,26+,27+,28+,29-,30+,31+,32+,33-,34-,35-,36-,37+,38+,39-,40+,41+,42-,43+,44+,45-/m1/s1. The van der Waals surface area contributed by atoms with Crippen LogP contribution in [0.15, 0.2) is 11.6 Å². The molecule has 354 valence electrons. The fourth-order valence-electron chi connectivity index (χ4n) is 14.0. The summed E-state index contributed by atoms with van der Waals surface area (Å²) in [6.07, 6.45) is -12.4. The van der Waals surface area contributed by atoms with Crippen LogP contribution >= 0.6 is 0 Å². The van der Waals surface area contributed by atoms with Gasteiger partial charge in [0.15, 0.2) is 24.7 Å². The van der Waals surface area contributed by atoms with Crippen molar-refractivity contribution in [3.05, 3.63) is 11.6 Å². The van der Waals surface area contributed by atoms with Crippen molar-refractivity contribution in [1.29, 1.82) is 0 Å². The molecule has 8 fully saturated rings. The Kier molecular flexibility index (Phi) is 12.9. The smallest absolute Gasteiger partial charge is 0.187 e. The van der Waals surface area contributed by atoms with Gasteiger partial charge in [-0.25, -0.2) is 0 Å². The molecule has 0 bridgehead atoms. The van der Waals surface area contributed by atoms with Crippen LogP contribution in [0.4, 0.5) is 0 Å². The number of aliphatic hydroxyl groups is 9. The van der Waals surface area contributed by atoms with Gasteiger partial charge in [0.1, 0.15) is 67.1 Å². The third kappa shape index (κ3) is 7.49. The molecule has 5 aliphatic heterocycles. The Morgan fingerprint density at radius 2 is 1.34 bits per heavy atom. The van der Waals surface area contributed by atoms with E-state index >= 15 is 0 Å². The van der Waals surface area contributed by atoms with E-state index in [9.17, 15) is 46.0 Å². The second kappa shape index (κ2) is 17.3. The summed E-state index contributed by atoms with van der Waals surface area (Å²) >= 11 is 0. The number of hydrogen-bond donors (Lipinski definition) is 9. The minimum atomic E-state index is -1.83. The second-order valence-electron chi connectivity index (χ2n) is 21.1. The van der Waals surface area contributed by atoms with Gasteiger partial charge in [-0.2, -0.15) is 0 Å². The quantitative estimate of drug-likeness (QED) is 0.148. The summed E-state index contributed by atoms with van der Waals surface area (Å²) in [6, 6.07) is 0. The van der Waals surface area contributed by atoms with Crippen LogP contribution < -0.4 is 0 Å². The van der Waals surface area contributed by atoms with E-state index < -0.39 is 117 Å². The monoisotopic (exact) mass is 884 g/mol. The lowest BCUT2D eigenvalue weighted by Gasteiger charge is -2.59. The summed E-state index contributed by atoms with van der Waals surface area (Å²) in [6.45, 7) is 10.4. The van der Waals surface area contributed by atoms with E-state index in [4.69, 9.17) is 37.9 Å². The molecule has 3 saturated carbocycles. The minimum Gasteiger partial charge on any atom is -0.394 e. The highest BCUT2D eigenvalue weighted by Crippen LogP contribution is 2.70. The molecule has 26 atom stereocenters. The first-order valence-electron chi connectivity index (χ1n) is 23.4. The van der Waals surface area contributed by atoms with Gasteiger partial charge in [-0.1, -0.05) is 39.3 Å². The molecule has 9 aliphatic rings. The molecule has 0 aromatic carbocycles. The Hall–Kier alpha value is -0.940. The highest BCUT2D eigenvalue weighted by atomic mass is 16.8. The summed E-state index contributed by atoms with van der Waals surface area (Å²) in [5.41, 5.74) is 1.45. The number of hydrogen-bond acceptors (Lipinski definition) is 17. The van der Waals surface area contributed by atoms with Crippen LogP contribution in [0.1, 0.15) is 92.4 Å². The maximum atomic E-state index is 11.6. The molecule has 17 heteroatoms. The Balaban J connectivity index is 0.941. The Labute approximate surface area is 363 Å². The van der Waals surface area contributed by atoms with Gasteiger partial charge in [0, 0.05) is 12.3 Å². The highest BCUT2D eigenvalue weighted by Gasteiger charge is 2.69. The second-order valence-corrected chi connectivity index (χ2v) is 21.1. The molecule has 5 saturated heterocycles. The average Bonchev–Trinajstić information content (AvgIpc) is 3.70. The molecule has 4 aliphatic carbocycles. The number of aliphatic hydroxyl groups excluding tert-OH is 9. The van der Waals surface area contributed by atoms with E-state index in [2.05, 4.69) is 33.8 Å². The fourth-order valence-corrected chi connectivity index (χ4v) is 14.0. The fraction of sp³-hybridized carbons (Fsp3) is 0.956.